The first-order chi connectivity index (χ1) is 12.7. The number of hydrogen-bond donors (Lipinski definition) is 4. The smallest absolute Gasteiger partial charge is 0.321 e. The van der Waals surface area contributed by atoms with E-state index < -0.39 is 35.6 Å². The lowest BCUT2D eigenvalue weighted by Crippen LogP contribution is -2.60. The molecule has 1 amide bonds. The molecule has 1 saturated carbocycles. The van der Waals surface area contributed by atoms with Crippen LogP contribution in [0.15, 0.2) is 18.6 Å². The molecule has 1 aliphatic rings. The van der Waals surface area contributed by atoms with Crippen molar-refractivity contribution in [3.8, 4) is 0 Å². The van der Waals surface area contributed by atoms with Crippen molar-refractivity contribution in [2.75, 3.05) is 0 Å². The monoisotopic (exact) mass is 378 g/mol. The van der Waals surface area contributed by atoms with Gasteiger partial charge in [0.15, 0.2) is 0 Å². The minimum atomic E-state index is -1.19. The number of aliphatic hydroxyl groups is 1. The Bertz CT molecular complexity index is 626. The van der Waals surface area contributed by atoms with E-state index >= 15 is 0 Å². The Balaban J connectivity index is 2.18. The zero-order valence-corrected chi connectivity index (χ0v) is 16.2. The number of carbonyl (C=O) groups is 2. The average molecular weight is 378 g/mol. The molecule has 0 saturated heterocycles. The molecule has 2 rings (SSSR count). The van der Waals surface area contributed by atoms with Crippen molar-refractivity contribution in [1.82, 2.24) is 20.6 Å². The van der Waals surface area contributed by atoms with Crippen molar-refractivity contribution in [3.05, 3.63) is 24.3 Å². The summed E-state index contributed by atoms with van der Waals surface area (Å²) >= 11 is 0. The Morgan fingerprint density at radius 1 is 1.19 bits per heavy atom. The van der Waals surface area contributed by atoms with E-state index in [0.717, 1.165) is 32.1 Å². The van der Waals surface area contributed by atoms with E-state index in [1.807, 2.05) is 0 Å². The molecule has 3 atom stereocenters. The minimum absolute atomic E-state index is 0.0660. The molecule has 1 aromatic heterocycles. The molecule has 0 aliphatic heterocycles. The fraction of sp³-hybridized carbons (Fsp3) is 0.684. The molecule has 0 bridgehead atoms. The first-order valence-corrected chi connectivity index (χ1v) is 9.44. The molecule has 1 heterocycles. The van der Waals surface area contributed by atoms with Gasteiger partial charge < -0.3 is 15.5 Å². The van der Waals surface area contributed by atoms with E-state index in [-0.39, 0.29) is 11.6 Å². The second kappa shape index (κ2) is 9.23. The maximum Gasteiger partial charge on any atom is 0.321 e. The molecule has 1 fully saturated rings. The summed E-state index contributed by atoms with van der Waals surface area (Å²) in [6, 6.07) is -1.56. The van der Waals surface area contributed by atoms with Gasteiger partial charge in [-0.05, 0) is 24.2 Å². The number of nitrogens with one attached hydrogen (secondary N) is 2. The van der Waals surface area contributed by atoms with Gasteiger partial charge >= 0.3 is 5.97 Å². The third-order valence-corrected chi connectivity index (χ3v) is 5.04. The molecule has 0 radical (unpaired) electrons. The number of aliphatic hydroxyl groups excluding tert-OH is 1. The van der Waals surface area contributed by atoms with Crippen LogP contribution in [0.4, 0.5) is 0 Å². The van der Waals surface area contributed by atoms with Gasteiger partial charge in [-0.1, -0.05) is 40.0 Å². The van der Waals surface area contributed by atoms with Crippen LogP contribution in [0, 0.1) is 11.3 Å². The Morgan fingerprint density at radius 2 is 1.85 bits per heavy atom. The van der Waals surface area contributed by atoms with Crippen molar-refractivity contribution >= 4 is 11.9 Å². The van der Waals surface area contributed by atoms with Gasteiger partial charge in [0, 0.05) is 12.4 Å². The predicted molar refractivity (Wildman–Crippen MR) is 99.9 cm³/mol. The molecule has 0 aromatic carbocycles. The molecule has 8 heteroatoms. The number of aliphatic carboxylic acids is 1. The predicted octanol–water partition coefficient (Wildman–Crippen LogP) is 1.56. The SMILES string of the molecule is CC(C)(C)[C@H](NC(O)[C@@H](NC(=O)c1cnccn1)C1CCCCC1)C(=O)O. The number of carboxylic acids is 1. The summed E-state index contributed by atoms with van der Waals surface area (Å²) in [5.41, 5.74) is -0.435. The molecule has 1 unspecified atom stereocenters. The largest absolute Gasteiger partial charge is 0.480 e. The van der Waals surface area contributed by atoms with Crippen LogP contribution in [0.25, 0.3) is 0 Å². The molecular formula is C19H30N4O4. The van der Waals surface area contributed by atoms with Crippen LogP contribution in [0.3, 0.4) is 0 Å². The Labute approximate surface area is 159 Å². The van der Waals surface area contributed by atoms with Crippen LogP contribution in [0.2, 0.25) is 0 Å². The van der Waals surface area contributed by atoms with Gasteiger partial charge in [0.05, 0.1) is 12.2 Å². The molecule has 1 aromatic rings. The first kappa shape index (κ1) is 21.2. The number of amides is 1. The van der Waals surface area contributed by atoms with Crippen molar-refractivity contribution < 1.29 is 19.8 Å². The van der Waals surface area contributed by atoms with Crippen LogP contribution in [-0.4, -0.2) is 50.4 Å². The number of hydrogen-bond acceptors (Lipinski definition) is 6. The first-order valence-electron chi connectivity index (χ1n) is 9.44. The van der Waals surface area contributed by atoms with Crippen molar-refractivity contribution in [3.63, 3.8) is 0 Å². The topological polar surface area (TPSA) is 124 Å². The highest BCUT2D eigenvalue weighted by atomic mass is 16.4. The third kappa shape index (κ3) is 5.97. The Kier molecular flexibility index (Phi) is 7.26. The van der Waals surface area contributed by atoms with E-state index in [9.17, 15) is 19.8 Å². The number of nitrogens with zero attached hydrogens (tertiary/aromatic N) is 2. The van der Waals surface area contributed by atoms with Crippen LogP contribution in [-0.2, 0) is 4.79 Å². The second-order valence-corrected chi connectivity index (χ2v) is 8.24. The van der Waals surface area contributed by atoms with Crippen molar-refractivity contribution in [2.45, 2.75) is 71.2 Å². The Morgan fingerprint density at radius 3 is 2.37 bits per heavy atom. The van der Waals surface area contributed by atoms with Crippen molar-refractivity contribution in [2.24, 2.45) is 11.3 Å². The standard InChI is InChI=1S/C19H30N4O4/c1-19(2,3)15(18(26)27)23-17(25)14(12-7-5-4-6-8-12)22-16(24)13-11-20-9-10-21-13/h9-12,14-15,17,23,25H,4-8H2,1-3H3,(H,22,24)(H,26,27)/t14-,15+,17?/m0/s1. The highest BCUT2D eigenvalue weighted by molar-refractivity contribution is 5.92. The van der Waals surface area contributed by atoms with E-state index in [2.05, 4.69) is 20.6 Å². The summed E-state index contributed by atoms with van der Waals surface area (Å²) in [4.78, 5) is 32.1. The quantitative estimate of drug-likeness (QED) is 0.531. The van der Waals surface area contributed by atoms with Gasteiger partial charge in [0.2, 0.25) is 0 Å². The fourth-order valence-electron chi connectivity index (χ4n) is 3.56. The number of carbonyl (C=O) groups excluding carboxylic acids is 1. The van der Waals surface area contributed by atoms with Crippen LogP contribution in [0.1, 0.15) is 63.4 Å². The van der Waals surface area contributed by atoms with Gasteiger partial charge in [-0.25, -0.2) is 4.98 Å². The molecular weight excluding hydrogens is 348 g/mol. The van der Waals surface area contributed by atoms with Gasteiger partial charge in [0.1, 0.15) is 18.0 Å². The molecule has 0 spiro atoms. The minimum Gasteiger partial charge on any atom is -0.480 e. The van der Waals surface area contributed by atoms with E-state index in [1.54, 1.807) is 20.8 Å². The summed E-state index contributed by atoms with van der Waals surface area (Å²) in [5.74, 6) is -1.40. The van der Waals surface area contributed by atoms with Gasteiger partial charge in [-0.2, -0.15) is 0 Å². The van der Waals surface area contributed by atoms with Gasteiger partial charge in [0.25, 0.3) is 5.91 Å². The second-order valence-electron chi connectivity index (χ2n) is 8.24. The van der Waals surface area contributed by atoms with Crippen LogP contribution >= 0.6 is 0 Å². The molecule has 150 valence electrons. The summed E-state index contributed by atoms with van der Waals surface area (Å²) in [5, 5.41) is 26.0. The lowest BCUT2D eigenvalue weighted by Gasteiger charge is -2.37. The lowest BCUT2D eigenvalue weighted by atomic mass is 9.82. The van der Waals surface area contributed by atoms with Crippen LogP contribution < -0.4 is 10.6 Å². The zero-order valence-electron chi connectivity index (χ0n) is 16.2. The molecule has 8 nitrogen and oxygen atoms in total. The summed E-state index contributed by atoms with van der Waals surface area (Å²) in [6.07, 6.45) is 8.01. The third-order valence-electron chi connectivity index (χ3n) is 5.04. The average Bonchev–Trinajstić information content (AvgIpc) is 2.64. The number of carboxylic acid groups (broad SMARTS) is 1. The van der Waals surface area contributed by atoms with E-state index in [4.69, 9.17) is 0 Å². The highest BCUT2D eigenvalue weighted by Crippen LogP contribution is 2.28. The maximum absolute atomic E-state index is 12.5. The van der Waals surface area contributed by atoms with Gasteiger partial charge in [-0.15, -0.1) is 0 Å². The summed E-state index contributed by atoms with van der Waals surface area (Å²) in [6.45, 7) is 5.37. The zero-order chi connectivity index (χ0) is 20.0. The summed E-state index contributed by atoms with van der Waals surface area (Å²) in [7, 11) is 0. The number of aromatic nitrogens is 2. The lowest BCUT2D eigenvalue weighted by molar-refractivity contribution is -0.144. The maximum atomic E-state index is 12.5. The van der Waals surface area contributed by atoms with Gasteiger partial charge in [-0.3, -0.25) is 19.9 Å². The molecule has 4 N–H and O–H groups in total. The van der Waals surface area contributed by atoms with Crippen molar-refractivity contribution in [1.29, 1.82) is 0 Å². The molecule has 1 aliphatic carbocycles. The highest BCUT2D eigenvalue weighted by Gasteiger charge is 2.37. The van der Waals surface area contributed by atoms with E-state index in [0.29, 0.717) is 0 Å². The van der Waals surface area contributed by atoms with Crippen LogP contribution in [0.5, 0.6) is 0 Å². The Hall–Kier alpha value is -2.06. The van der Waals surface area contributed by atoms with E-state index in [1.165, 1.54) is 18.6 Å². The number of rotatable bonds is 7. The summed E-state index contributed by atoms with van der Waals surface area (Å²) < 4.78 is 0. The normalized spacial score (nSPS) is 19.1. The molecule has 27 heavy (non-hydrogen) atoms. The fourth-order valence-corrected chi connectivity index (χ4v) is 3.56.